The van der Waals surface area contributed by atoms with Gasteiger partial charge in [0, 0.05) is 24.7 Å². The molecule has 30 heavy (non-hydrogen) atoms. The molecule has 3 rings (SSSR count). The molecule has 1 saturated heterocycles. The zero-order valence-corrected chi connectivity index (χ0v) is 18.5. The molecule has 0 unspecified atom stereocenters. The van der Waals surface area contributed by atoms with Crippen molar-refractivity contribution in [2.24, 2.45) is 5.92 Å². The third-order valence-corrected chi connectivity index (χ3v) is 6.32. The van der Waals surface area contributed by atoms with E-state index in [9.17, 15) is 9.59 Å². The predicted octanol–water partition coefficient (Wildman–Crippen LogP) is 4.18. The first-order valence-corrected chi connectivity index (χ1v) is 11.6. The summed E-state index contributed by atoms with van der Waals surface area (Å²) < 4.78 is 11.5. The Kier molecular flexibility index (Phi) is 8.40. The van der Waals surface area contributed by atoms with Gasteiger partial charge in [-0.2, -0.15) is 0 Å². The fourth-order valence-corrected chi connectivity index (χ4v) is 4.39. The summed E-state index contributed by atoms with van der Waals surface area (Å²) in [5, 5.41) is 3.17. The highest BCUT2D eigenvalue weighted by molar-refractivity contribution is 5.95. The first-order valence-electron chi connectivity index (χ1n) is 11.6. The molecule has 1 aliphatic heterocycles. The summed E-state index contributed by atoms with van der Waals surface area (Å²) in [6, 6.07) is 5.44. The molecule has 1 saturated carbocycles. The van der Waals surface area contributed by atoms with Gasteiger partial charge in [0.2, 0.25) is 0 Å². The summed E-state index contributed by atoms with van der Waals surface area (Å²) in [4.78, 5) is 27.0. The third-order valence-electron chi connectivity index (χ3n) is 6.32. The van der Waals surface area contributed by atoms with Crippen molar-refractivity contribution in [1.82, 2.24) is 10.2 Å². The van der Waals surface area contributed by atoms with Gasteiger partial charge in [0.1, 0.15) is 0 Å². The van der Waals surface area contributed by atoms with Crippen LogP contribution in [0.3, 0.4) is 0 Å². The monoisotopic (exact) mass is 416 g/mol. The average molecular weight is 417 g/mol. The maximum Gasteiger partial charge on any atom is 0.260 e. The van der Waals surface area contributed by atoms with Crippen molar-refractivity contribution in [3.8, 4) is 11.5 Å². The largest absolute Gasteiger partial charge is 0.490 e. The lowest BCUT2D eigenvalue weighted by Gasteiger charge is -2.28. The van der Waals surface area contributed by atoms with Crippen LogP contribution in [0.15, 0.2) is 18.2 Å². The van der Waals surface area contributed by atoms with Gasteiger partial charge >= 0.3 is 0 Å². The van der Waals surface area contributed by atoms with Crippen molar-refractivity contribution >= 4 is 11.8 Å². The van der Waals surface area contributed by atoms with Crippen LogP contribution in [0.4, 0.5) is 0 Å². The smallest absolute Gasteiger partial charge is 0.260 e. The van der Waals surface area contributed by atoms with Crippen LogP contribution in [0.1, 0.15) is 75.6 Å². The van der Waals surface area contributed by atoms with E-state index < -0.39 is 0 Å². The van der Waals surface area contributed by atoms with Crippen molar-refractivity contribution in [2.45, 2.75) is 71.3 Å². The highest BCUT2D eigenvalue weighted by atomic mass is 16.5. The molecule has 1 aromatic rings. The number of carbonyl (C=O) groups excluding carboxylic acids is 2. The van der Waals surface area contributed by atoms with Crippen molar-refractivity contribution in [1.29, 1.82) is 0 Å². The molecule has 0 aromatic heterocycles. The number of ether oxygens (including phenoxy) is 2. The molecule has 0 radical (unpaired) electrons. The molecule has 2 amide bonds. The second-order valence-electron chi connectivity index (χ2n) is 8.42. The van der Waals surface area contributed by atoms with Crippen LogP contribution >= 0.6 is 0 Å². The van der Waals surface area contributed by atoms with E-state index in [-0.39, 0.29) is 24.5 Å². The number of nitrogens with zero attached hydrogens (tertiary/aromatic N) is 1. The summed E-state index contributed by atoms with van der Waals surface area (Å²) >= 11 is 0. The standard InChI is InChI=1S/C24H36N2O4/c1-3-18-8-11-20(12-9-18)25-24(28)19-10-13-21(22(16-19)29-4-2)30-17-23(27)26-14-6-5-7-15-26/h10,13,16,18,20H,3-9,11-12,14-15,17H2,1-2H3,(H,25,28). The SMILES string of the molecule is CCOc1cc(C(=O)NC2CCC(CC)CC2)ccc1OCC(=O)N1CCCCC1. The molecule has 6 nitrogen and oxygen atoms in total. The molecule has 1 heterocycles. The molecule has 1 N–H and O–H groups in total. The van der Waals surface area contributed by atoms with Crippen molar-refractivity contribution in [3.63, 3.8) is 0 Å². The fraction of sp³-hybridized carbons (Fsp3) is 0.667. The van der Waals surface area contributed by atoms with Gasteiger partial charge in [0.15, 0.2) is 18.1 Å². The maximum absolute atomic E-state index is 12.7. The molecule has 0 bridgehead atoms. The number of rotatable bonds is 8. The molecule has 6 heteroatoms. The number of hydrogen-bond acceptors (Lipinski definition) is 4. The number of amides is 2. The number of hydrogen-bond donors (Lipinski definition) is 1. The molecule has 0 spiro atoms. The van der Waals surface area contributed by atoms with E-state index in [1.165, 1.54) is 25.7 Å². The molecule has 166 valence electrons. The van der Waals surface area contributed by atoms with Crippen LogP contribution in [0.2, 0.25) is 0 Å². The van der Waals surface area contributed by atoms with Gasteiger partial charge in [0.25, 0.3) is 11.8 Å². The third kappa shape index (κ3) is 6.13. The van der Waals surface area contributed by atoms with Crippen molar-refractivity contribution < 1.29 is 19.1 Å². The Morgan fingerprint density at radius 3 is 2.40 bits per heavy atom. The topological polar surface area (TPSA) is 67.9 Å². The Morgan fingerprint density at radius 1 is 1.00 bits per heavy atom. The Bertz CT molecular complexity index is 707. The minimum atomic E-state index is -0.0770. The summed E-state index contributed by atoms with van der Waals surface area (Å²) in [5.41, 5.74) is 0.561. The summed E-state index contributed by atoms with van der Waals surface area (Å²) in [7, 11) is 0. The van der Waals surface area contributed by atoms with E-state index in [1.54, 1.807) is 18.2 Å². The van der Waals surface area contributed by atoms with Crippen molar-refractivity contribution in [2.75, 3.05) is 26.3 Å². The van der Waals surface area contributed by atoms with Crippen LogP contribution in [-0.4, -0.2) is 49.1 Å². The lowest BCUT2D eigenvalue weighted by atomic mass is 9.84. The first kappa shape index (κ1) is 22.4. The van der Waals surface area contributed by atoms with Crippen molar-refractivity contribution in [3.05, 3.63) is 23.8 Å². The molecule has 1 aliphatic carbocycles. The molecular formula is C24H36N2O4. The van der Waals surface area contributed by atoms with Crippen LogP contribution in [0.5, 0.6) is 11.5 Å². The summed E-state index contributed by atoms with van der Waals surface area (Å²) in [5.74, 6) is 1.73. The van der Waals surface area contributed by atoms with Gasteiger partial charge in [-0.1, -0.05) is 13.3 Å². The number of carbonyl (C=O) groups is 2. The fourth-order valence-electron chi connectivity index (χ4n) is 4.39. The van der Waals surface area contributed by atoms with Gasteiger partial charge < -0.3 is 19.7 Å². The van der Waals surface area contributed by atoms with Gasteiger partial charge in [-0.3, -0.25) is 9.59 Å². The molecule has 0 atom stereocenters. The van der Waals surface area contributed by atoms with Crippen LogP contribution in [0.25, 0.3) is 0 Å². The zero-order chi connectivity index (χ0) is 21.3. The van der Waals surface area contributed by atoms with E-state index in [4.69, 9.17) is 9.47 Å². The molecular weight excluding hydrogens is 380 g/mol. The van der Waals surface area contributed by atoms with Gasteiger partial charge in [0.05, 0.1) is 6.61 Å². The average Bonchev–Trinajstić information content (AvgIpc) is 2.79. The lowest BCUT2D eigenvalue weighted by Crippen LogP contribution is -2.38. The second-order valence-corrected chi connectivity index (χ2v) is 8.42. The van der Waals surface area contributed by atoms with Gasteiger partial charge in [-0.25, -0.2) is 0 Å². The first-order chi connectivity index (χ1) is 14.6. The number of benzene rings is 1. The Balaban J connectivity index is 1.58. The van der Waals surface area contributed by atoms with E-state index in [2.05, 4.69) is 12.2 Å². The van der Waals surface area contributed by atoms with Crippen LogP contribution in [0, 0.1) is 5.92 Å². The van der Waals surface area contributed by atoms with Gasteiger partial charge in [-0.05, 0) is 76.0 Å². The van der Waals surface area contributed by atoms with Gasteiger partial charge in [-0.15, -0.1) is 0 Å². The highest BCUT2D eigenvalue weighted by Crippen LogP contribution is 2.30. The Hall–Kier alpha value is -2.24. The molecule has 1 aromatic carbocycles. The van der Waals surface area contributed by atoms with E-state index in [1.807, 2.05) is 11.8 Å². The lowest BCUT2D eigenvalue weighted by molar-refractivity contribution is -0.134. The number of likely N-dealkylation sites (tertiary alicyclic amines) is 1. The molecule has 2 aliphatic rings. The minimum Gasteiger partial charge on any atom is -0.490 e. The normalized spacial score (nSPS) is 21.7. The van der Waals surface area contributed by atoms with Crippen LogP contribution < -0.4 is 14.8 Å². The molecule has 2 fully saturated rings. The summed E-state index contributed by atoms with van der Waals surface area (Å²) in [6.07, 6.45) is 8.97. The highest BCUT2D eigenvalue weighted by Gasteiger charge is 2.23. The summed E-state index contributed by atoms with van der Waals surface area (Å²) in [6.45, 7) is 6.19. The minimum absolute atomic E-state index is 0.00153. The Labute approximate surface area is 180 Å². The zero-order valence-electron chi connectivity index (χ0n) is 18.5. The van der Waals surface area contributed by atoms with E-state index >= 15 is 0 Å². The maximum atomic E-state index is 12.7. The van der Waals surface area contributed by atoms with E-state index in [0.717, 1.165) is 44.7 Å². The van der Waals surface area contributed by atoms with E-state index in [0.29, 0.717) is 23.7 Å². The number of nitrogens with one attached hydrogen (secondary N) is 1. The Morgan fingerprint density at radius 2 is 1.73 bits per heavy atom. The second kappa shape index (κ2) is 11.2. The van der Waals surface area contributed by atoms with Crippen LogP contribution in [-0.2, 0) is 4.79 Å². The quantitative estimate of drug-likeness (QED) is 0.690. The predicted molar refractivity (Wildman–Crippen MR) is 117 cm³/mol. The number of piperidine rings is 1.